The van der Waals surface area contributed by atoms with Crippen LogP contribution in [0.4, 0.5) is 0 Å². The molecule has 0 aliphatic carbocycles. The predicted octanol–water partition coefficient (Wildman–Crippen LogP) is 1.72. The third-order valence-corrected chi connectivity index (χ3v) is 3.85. The van der Waals surface area contributed by atoms with E-state index in [0.29, 0.717) is 24.1 Å². The van der Waals surface area contributed by atoms with Crippen LogP contribution in [0.1, 0.15) is 17.5 Å². The molecule has 17 heavy (non-hydrogen) atoms. The van der Waals surface area contributed by atoms with Gasteiger partial charge < -0.3 is 0 Å². The maximum atomic E-state index is 11.9. The maximum Gasteiger partial charge on any atom is 0.240 e. The molecule has 0 aliphatic heterocycles. The monoisotopic (exact) mass is 250 g/mol. The van der Waals surface area contributed by atoms with Gasteiger partial charge in [0, 0.05) is 6.54 Å². The first-order valence-corrected chi connectivity index (χ1v) is 6.61. The van der Waals surface area contributed by atoms with Gasteiger partial charge in [-0.05, 0) is 31.0 Å². The molecular formula is C12H14N2O2S. The van der Waals surface area contributed by atoms with Gasteiger partial charge in [0.05, 0.1) is 16.5 Å². The number of hydrogen-bond acceptors (Lipinski definition) is 3. The van der Waals surface area contributed by atoms with Gasteiger partial charge in [0.2, 0.25) is 10.0 Å². The van der Waals surface area contributed by atoms with Crippen molar-refractivity contribution in [1.29, 1.82) is 5.26 Å². The summed E-state index contributed by atoms with van der Waals surface area (Å²) in [5.74, 6) is 0. The number of nitrogens with one attached hydrogen (secondary N) is 1. The lowest BCUT2D eigenvalue weighted by Crippen LogP contribution is -2.25. The summed E-state index contributed by atoms with van der Waals surface area (Å²) < 4.78 is 26.3. The summed E-state index contributed by atoms with van der Waals surface area (Å²) in [4.78, 5) is 0.153. The minimum atomic E-state index is -3.54. The van der Waals surface area contributed by atoms with Crippen LogP contribution in [0.3, 0.4) is 0 Å². The molecule has 0 atom stereocenters. The van der Waals surface area contributed by atoms with Crippen LogP contribution in [0.5, 0.6) is 0 Å². The first kappa shape index (κ1) is 13.4. The molecule has 0 saturated carbocycles. The molecular weight excluding hydrogens is 236 g/mol. The van der Waals surface area contributed by atoms with Gasteiger partial charge in [-0.15, -0.1) is 6.58 Å². The highest BCUT2D eigenvalue weighted by Gasteiger charge is 2.16. The number of benzene rings is 1. The molecule has 0 amide bonds. The van der Waals surface area contributed by atoms with Gasteiger partial charge >= 0.3 is 0 Å². The Balaban J connectivity index is 3.06. The van der Waals surface area contributed by atoms with E-state index in [2.05, 4.69) is 11.3 Å². The molecule has 0 heterocycles. The minimum Gasteiger partial charge on any atom is -0.211 e. The fourth-order valence-electron chi connectivity index (χ4n) is 1.33. The zero-order valence-electron chi connectivity index (χ0n) is 9.60. The van der Waals surface area contributed by atoms with Crippen LogP contribution in [0.15, 0.2) is 35.7 Å². The fraction of sp³-hybridized carbons (Fsp3) is 0.250. The van der Waals surface area contributed by atoms with Crippen molar-refractivity contribution in [2.24, 2.45) is 0 Å². The first-order valence-electron chi connectivity index (χ1n) is 5.12. The Labute approximate surface area is 102 Å². The number of nitriles is 1. The van der Waals surface area contributed by atoms with Crippen LogP contribution < -0.4 is 4.72 Å². The molecule has 1 aromatic carbocycles. The molecule has 1 aromatic rings. The van der Waals surface area contributed by atoms with Crippen molar-refractivity contribution in [3.63, 3.8) is 0 Å². The highest BCUT2D eigenvalue weighted by molar-refractivity contribution is 7.89. The predicted molar refractivity (Wildman–Crippen MR) is 65.9 cm³/mol. The number of aryl methyl sites for hydroxylation is 1. The van der Waals surface area contributed by atoms with Gasteiger partial charge in [-0.3, -0.25) is 0 Å². The number of sulfonamides is 1. The standard InChI is InChI=1S/C12H14N2O2S/c1-3-4-7-14-17(15,16)12-8-11(9-13)6-5-10(12)2/h3,5-6,8,14H,1,4,7H2,2H3. The van der Waals surface area contributed by atoms with Crippen LogP contribution in [0, 0.1) is 18.3 Å². The Morgan fingerprint density at radius 1 is 1.53 bits per heavy atom. The molecule has 1 N–H and O–H groups in total. The van der Waals surface area contributed by atoms with Crippen LogP contribution >= 0.6 is 0 Å². The average Bonchev–Trinajstić information content (AvgIpc) is 2.29. The van der Waals surface area contributed by atoms with Crippen molar-refractivity contribution < 1.29 is 8.42 Å². The molecule has 0 spiro atoms. The Hall–Kier alpha value is -1.64. The lowest BCUT2D eigenvalue weighted by atomic mass is 10.2. The summed E-state index contributed by atoms with van der Waals surface area (Å²) in [6, 6.07) is 6.53. The normalized spacial score (nSPS) is 10.8. The van der Waals surface area contributed by atoms with Crippen molar-refractivity contribution in [2.45, 2.75) is 18.2 Å². The van der Waals surface area contributed by atoms with Crippen molar-refractivity contribution >= 4 is 10.0 Å². The van der Waals surface area contributed by atoms with Crippen molar-refractivity contribution in [2.75, 3.05) is 6.54 Å². The second kappa shape index (κ2) is 5.62. The second-order valence-electron chi connectivity index (χ2n) is 3.57. The highest BCUT2D eigenvalue weighted by Crippen LogP contribution is 2.16. The lowest BCUT2D eigenvalue weighted by Gasteiger charge is -2.08. The molecule has 0 unspecified atom stereocenters. The fourth-order valence-corrected chi connectivity index (χ4v) is 2.65. The van der Waals surface area contributed by atoms with Crippen LogP contribution in [-0.2, 0) is 10.0 Å². The molecule has 1 rings (SSSR count). The summed E-state index contributed by atoms with van der Waals surface area (Å²) in [5.41, 5.74) is 0.954. The Bertz CT molecular complexity index is 556. The molecule has 0 bridgehead atoms. The van der Waals surface area contributed by atoms with E-state index in [9.17, 15) is 8.42 Å². The average molecular weight is 250 g/mol. The highest BCUT2D eigenvalue weighted by atomic mass is 32.2. The molecule has 0 aliphatic rings. The van der Waals surface area contributed by atoms with E-state index in [4.69, 9.17) is 5.26 Å². The molecule has 5 heteroatoms. The van der Waals surface area contributed by atoms with E-state index in [1.54, 1.807) is 25.1 Å². The van der Waals surface area contributed by atoms with Crippen molar-refractivity contribution in [3.8, 4) is 6.07 Å². The van der Waals surface area contributed by atoms with E-state index in [-0.39, 0.29) is 4.90 Å². The molecule has 0 aromatic heterocycles. The summed E-state index contributed by atoms with van der Waals surface area (Å²) >= 11 is 0. The van der Waals surface area contributed by atoms with Crippen LogP contribution in [-0.4, -0.2) is 15.0 Å². The van der Waals surface area contributed by atoms with E-state index >= 15 is 0 Å². The summed E-state index contributed by atoms with van der Waals surface area (Å²) in [6.07, 6.45) is 2.21. The van der Waals surface area contributed by atoms with E-state index in [1.807, 2.05) is 6.07 Å². The van der Waals surface area contributed by atoms with E-state index in [1.165, 1.54) is 6.07 Å². The topological polar surface area (TPSA) is 70.0 Å². The summed E-state index contributed by atoms with van der Waals surface area (Å²) in [6.45, 7) is 5.53. The maximum absolute atomic E-state index is 11.9. The van der Waals surface area contributed by atoms with Gasteiger partial charge in [-0.1, -0.05) is 12.1 Å². The first-order chi connectivity index (χ1) is 8.01. The SMILES string of the molecule is C=CCCNS(=O)(=O)c1cc(C#N)ccc1C. The molecule has 4 nitrogen and oxygen atoms in total. The van der Waals surface area contributed by atoms with Gasteiger partial charge in [0.1, 0.15) is 0 Å². The molecule has 0 fully saturated rings. The summed E-state index contributed by atoms with van der Waals surface area (Å²) in [7, 11) is -3.54. The minimum absolute atomic E-state index is 0.153. The quantitative estimate of drug-likeness (QED) is 0.639. The van der Waals surface area contributed by atoms with Gasteiger partial charge in [-0.2, -0.15) is 5.26 Å². The van der Waals surface area contributed by atoms with Crippen LogP contribution in [0.2, 0.25) is 0 Å². The van der Waals surface area contributed by atoms with Gasteiger partial charge in [0.25, 0.3) is 0 Å². The zero-order valence-corrected chi connectivity index (χ0v) is 10.4. The van der Waals surface area contributed by atoms with Gasteiger partial charge in [-0.25, -0.2) is 13.1 Å². The van der Waals surface area contributed by atoms with E-state index < -0.39 is 10.0 Å². The lowest BCUT2D eigenvalue weighted by molar-refractivity contribution is 0.581. The van der Waals surface area contributed by atoms with E-state index in [0.717, 1.165) is 0 Å². The van der Waals surface area contributed by atoms with Crippen LogP contribution in [0.25, 0.3) is 0 Å². The smallest absolute Gasteiger partial charge is 0.211 e. The Kier molecular flexibility index (Phi) is 4.44. The number of hydrogen-bond donors (Lipinski definition) is 1. The third kappa shape index (κ3) is 3.41. The number of nitrogens with zero attached hydrogens (tertiary/aromatic N) is 1. The molecule has 90 valence electrons. The number of rotatable bonds is 5. The molecule has 0 saturated heterocycles. The second-order valence-corrected chi connectivity index (χ2v) is 5.30. The zero-order chi connectivity index (χ0) is 12.9. The summed E-state index contributed by atoms with van der Waals surface area (Å²) in [5, 5.41) is 8.75. The van der Waals surface area contributed by atoms with Crippen molar-refractivity contribution in [3.05, 3.63) is 42.0 Å². The molecule has 0 radical (unpaired) electrons. The largest absolute Gasteiger partial charge is 0.240 e. The third-order valence-electron chi connectivity index (χ3n) is 2.25. The Morgan fingerprint density at radius 3 is 2.82 bits per heavy atom. The van der Waals surface area contributed by atoms with Crippen molar-refractivity contribution in [1.82, 2.24) is 4.72 Å². The Morgan fingerprint density at radius 2 is 2.24 bits per heavy atom. The van der Waals surface area contributed by atoms with Gasteiger partial charge in [0.15, 0.2) is 0 Å².